The van der Waals surface area contributed by atoms with Crippen LogP contribution in [0.1, 0.15) is 54.2 Å². The molecule has 0 bridgehead atoms. The lowest BCUT2D eigenvalue weighted by Gasteiger charge is -2.29. The number of fused-ring (bicyclic) bond motifs is 1. The van der Waals surface area contributed by atoms with Crippen LogP contribution in [0.4, 0.5) is 0 Å². The van der Waals surface area contributed by atoms with E-state index in [9.17, 15) is 4.79 Å². The van der Waals surface area contributed by atoms with Gasteiger partial charge in [-0.1, -0.05) is 49.1 Å². The maximum atomic E-state index is 12.9. The van der Waals surface area contributed by atoms with Crippen LogP contribution in [-0.2, 0) is 0 Å². The Morgan fingerprint density at radius 1 is 1.18 bits per heavy atom. The minimum Gasteiger partial charge on any atom is -0.349 e. The van der Waals surface area contributed by atoms with Crippen molar-refractivity contribution in [2.45, 2.75) is 52.5 Å². The van der Waals surface area contributed by atoms with E-state index in [1.54, 1.807) is 10.9 Å². The highest BCUT2D eigenvalue weighted by Gasteiger charge is 2.25. The summed E-state index contributed by atoms with van der Waals surface area (Å²) >= 11 is 6.67. The standard InChI is InChI=1S/C22H25ClN4O/c1-13-8-10-16(11-9-13)27-21-19(15(3)26-27)20(23)17(12-24-21)22(28)25-18-7-5-4-6-14(18)2/h8-12,14,18H,4-7H2,1-3H3,(H,25,28)/t14-,18-/m1/s1. The molecule has 2 aromatic heterocycles. The monoisotopic (exact) mass is 396 g/mol. The molecule has 0 spiro atoms. The smallest absolute Gasteiger partial charge is 0.254 e. The second-order valence-electron chi connectivity index (χ2n) is 7.86. The molecule has 1 saturated carbocycles. The van der Waals surface area contributed by atoms with E-state index in [4.69, 9.17) is 11.6 Å². The number of nitrogens with zero attached hydrogens (tertiary/aromatic N) is 3. The maximum Gasteiger partial charge on any atom is 0.254 e. The first-order valence-electron chi connectivity index (χ1n) is 9.87. The number of halogens is 1. The normalized spacial score (nSPS) is 19.7. The fraction of sp³-hybridized carbons (Fsp3) is 0.409. The lowest BCUT2D eigenvalue weighted by Crippen LogP contribution is -2.41. The molecule has 6 heteroatoms. The van der Waals surface area contributed by atoms with Gasteiger partial charge in [0.15, 0.2) is 5.65 Å². The molecule has 5 nitrogen and oxygen atoms in total. The van der Waals surface area contributed by atoms with Gasteiger partial charge in [-0.3, -0.25) is 4.79 Å². The van der Waals surface area contributed by atoms with Crippen molar-refractivity contribution in [2.75, 3.05) is 0 Å². The average Bonchev–Trinajstić information content (AvgIpc) is 3.02. The quantitative estimate of drug-likeness (QED) is 0.677. The molecule has 0 aliphatic heterocycles. The van der Waals surface area contributed by atoms with Crippen molar-refractivity contribution < 1.29 is 4.79 Å². The third kappa shape index (κ3) is 3.39. The number of aromatic nitrogens is 3. The molecule has 146 valence electrons. The number of benzene rings is 1. The first-order valence-corrected chi connectivity index (χ1v) is 10.2. The SMILES string of the molecule is Cc1ccc(-n2nc(C)c3c(Cl)c(C(=O)N[C@@H]4CCCC[C@H]4C)cnc32)cc1. The second-order valence-corrected chi connectivity index (χ2v) is 8.24. The first-order chi connectivity index (χ1) is 13.5. The molecule has 1 N–H and O–H groups in total. The third-order valence-corrected chi connectivity index (χ3v) is 6.15. The van der Waals surface area contributed by atoms with Crippen molar-refractivity contribution in [2.24, 2.45) is 5.92 Å². The van der Waals surface area contributed by atoms with Crippen LogP contribution in [0.3, 0.4) is 0 Å². The Bertz CT molecular complexity index is 1030. The van der Waals surface area contributed by atoms with E-state index >= 15 is 0 Å². The number of hydrogen-bond donors (Lipinski definition) is 1. The Morgan fingerprint density at radius 3 is 2.61 bits per heavy atom. The van der Waals surface area contributed by atoms with Gasteiger partial charge in [-0.15, -0.1) is 0 Å². The lowest BCUT2D eigenvalue weighted by molar-refractivity contribution is 0.0910. The third-order valence-electron chi connectivity index (χ3n) is 5.76. The van der Waals surface area contributed by atoms with Crippen LogP contribution in [-0.4, -0.2) is 26.7 Å². The Kier molecular flexibility index (Phi) is 5.11. The molecule has 0 radical (unpaired) electrons. The molecular formula is C22H25ClN4O. The zero-order valence-corrected chi connectivity index (χ0v) is 17.3. The summed E-state index contributed by atoms with van der Waals surface area (Å²) in [6.07, 6.45) is 6.13. The van der Waals surface area contributed by atoms with Crippen molar-refractivity contribution in [3.63, 3.8) is 0 Å². The summed E-state index contributed by atoms with van der Waals surface area (Å²) in [6, 6.07) is 8.27. The van der Waals surface area contributed by atoms with Crippen LogP contribution in [0.5, 0.6) is 0 Å². The van der Waals surface area contributed by atoms with Gasteiger partial charge < -0.3 is 5.32 Å². The van der Waals surface area contributed by atoms with E-state index < -0.39 is 0 Å². The Balaban J connectivity index is 1.70. The zero-order valence-electron chi connectivity index (χ0n) is 16.5. The van der Waals surface area contributed by atoms with Gasteiger partial charge in [0.25, 0.3) is 5.91 Å². The van der Waals surface area contributed by atoms with Crippen molar-refractivity contribution in [1.82, 2.24) is 20.1 Å². The van der Waals surface area contributed by atoms with Crippen molar-refractivity contribution >= 4 is 28.5 Å². The van der Waals surface area contributed by atoms with E-state index in [1.165, 1.54) is 12.0 Å². The fourth-order valence-corrected chi connectivity index (χ4v) is 4.37. The number of hydrogen-bond acceptors (Lipinski definition) is 3. The highest BCUT2D eigenvalue weighted by atomic mass is 35.5. The number of carbonyl (C=O) groups excluding carboxylic acids is 1. The molecule has 3 aromatic rings. The van der Waals surface area contributed by atoms with Crippen molar-refractivity contribution in [3.05, 3.63) is 52.3 Å². The molecule has 2 atom stereocenters. The first kappa shape index (κ1) is 18.9. The molecule has 1 aliphatic rings. The number of rotatable bonds is 3. The van der Waals surface area contributed by atoms with Gasteiger partial charge in [-0.25, -0.2) is 9.67 Å². The number of aryl methyl sites for hydroxylation is 2. The van der Waals surface area contributed by atoms with E-state index in [1.807, 2.05) is 38.1 Å². The van der Waals surface area contributed by atoms with Crippen LogP contribution >= 0.6 is 11.6 Å². The second kappa shape index (κ2) is 7.55. The van der Waals surface area contributed by atoms with E-state index in [2.05, 4.69) is 22.3 Å². The summed E-state index contributed by atoms with van der Waals surface area (Å²) < 4.78 is 1.78. The van der Waals surface area contributed by atoms with E-state index in [0.717, 1.165) is 36.0 Å². The molecule has 2 heterocycles. The van der Waals surface area contributed by atoms with Gasteiger partial charge in [0, 0.05) is 12.2 Å². The van der Waals surface area contributed by atoms with Gasteiger partial charge in [0.05, 0.1) is 27.4 Å². The van der Waals surface area contributed by atoms with Gasteiger partial charge in [-0.2, -0.15) is 5.10 Å². The minimum atomic E-state index is -0.152. The van der Waals surface area contributed by atoms with Gasteiger partial charge in [0.2, 0.25) is 0 Å². The molecule has 4 rings (SSSR count). The molecule has 28 heavy (non-hydrogen) atoms. The molecule has 1 amide bonds. The van der Waals surface area contributed by atoms with E-state index in [0.29, 0.717) is 22.2 Å². The molecule has 1 aromatic carbocycles. The van der Waals surface area contributed by atoms with Gasteiger partial charge in [0.1, 0.15) is 0 Å². The topological polar surface area (TPSA) is 59.8 Å². The largest absolute Gasteiger partial charge is 0.349 e. The summed E-state index contributed by atoms with van der Waals surface area (Å²) in [7, 11) is 0. The minimum absolute atomic E-state index is 0.152. The van der Waals surface area contributed by atoms with Crippen molar-refractivity contribution in [1.29, 1.82) is 0 Å². The van der Waals surface area contributed by atoms with E-state index in [-0.39, 0.29) is 11.9 Å². The summed E-state index contributed by atoms with van der Waals surface area (Å²) in [4.78, 5) is 17.4. The average molecular weight is 397 g/mol. The predicted octanol–water partition coefficient (Wildman–Crippen LogP) is 5.00. The highest BCUT2D eigenvalue weighted by molar-refractivity contribution is 6.38. The number of nitrogens with one attached hydrogen (secondary N) is 1. The van der Waals surface area contributed by atoms with Crippen LogP contribution < -0.4 is 5.32 Å². The summed E-state index contributed by atoms with van der Waals surface area (Å²) in [5, 5.41) is 8.93. The molecular weight excluding hydrogens is 372 g/mol. The van der Waals surface area contributed by atoms with Crippen LogP contribution in [0.2, 0.25) is 5.02 Å². The molecule has 1 aliphatic carbocycles. The molecule has 1 fully saturated rings. The van der Waals surface area contributed by atoms with Crippen LogP contribution in [0, 0.1) is 19.8 Å². The number of carbonyl (C=O) groups is 1. The Labute approximate surface area is 170 Å². The summed E-state index contributed by atoms with van der Waals surface area (Å²) in [5.41, 5.74) is 3.93. The van der Waals surface area contributed by atoms with Crippen molar-refractivity contribution in [3.8, 4) is 5.69 Å². The Morgan fingerprint density at radius 2 is 1.89 bits per heavy atom. The number of amides is 1. The molecule has 0 saturated heterocycles. The van der Waals surface area contributed by atoms with Crippen LogP contribution in [0.25, 0.3) is 16.7 Å². The number of pyridine rings is 1. The maximum absolute atomic E-state index is 12.9. The fourth-order valence-electron chi connectivity index (χ4n) is 4.01. The van der Waals surface area contributed by atoms with Gasteiger partial charge in [-0.05, 0) is 44.7 Å². The lowest BCUT2D eigenvalue weighted by atomic mass is 9.86. The zero-order chi connectivity index (χ0) is 19.8. The summed E-state index contributed by atoms with van der Waals surface area (Å²) in [5.74, 6) is 0.333. The van der Waals surface area contributed by atoms with Gasteiger partial charge >= 0.3 is 0 Å². The molecule has 0 unspecified atom stereocenters. The highest BCUT2D eigenvalue weighted by Crippen LogP contribution is 2.31. The van der Waals surface area contributed by atoms with Crippen LogP contribution in [0.15, 0.2) is 30.5 Å². The summed E-state index contributed by atoms with van der Waals surface area (Å²) in [6.45, 7) is 6.14. The predicted molar refractivity (Wildman–Crippen MR) is 112 cm³/mol. The Hall–Kier alpha value is -2.40.